The molecule has 0 aliphatic carbocycles. The number of aliphatic hydroxyl groups is 6. The number of rotatable bonds is 15. The smallest absolute Gasteiger partial charge is 0.419 e. The lowest BCUT2D eigenvalue weighted by atomic mass is 9.88. The summed E-state index contributed by atoms with van der Waals surface area (Å²) in [5.41, 5.74) is -3.14. The van der Waals surface area contributed by atoms with Crippen molar-refractivity contribution in [3.05, 3.63) is 60.8 Å². The summed E-state index contributed by atoms with van der Waals surface area (Å²) >= 11 is 0. The van der Waals surface area contributed by atoms with Crippen molar-refractivity contribution in [1.82, 2.24) is 0 Å². The van der Waals surface area contributed by atoms with Gasteiger partial charge in [-0.2, -0.15) is 0 Å². The molecule has 4 atom stereocenters. The van der Waals surface area contributed by atoms with E-state index in [0.29, 0.717) is 0 Å². The Kier molecular flexibility index (Phi) is 12.3. The van der Waals surface area contributed by atoms with Gasteiger partial charge >= 0.3 is 53.2 Å². The second-order valence-corrected chi connectivity index (χ2v) is 9.11. The summed E-state index contributed by atoms with van der Waals surface area (Å²) in [6, 6.07) is 0. The highest BCUT2D eigenvalue weighted by Gasteiger charge is 2.84. The maximum Gasteiger partial charge on any atom is 0.451 e. The number of carbonyl (C=O) groups excluding carboxylic acids is 5. The Bertz CT molecular complexity index is 1190. The van der Waals surface area contributed by atoms with Crippen LogP contribution >= 0.6 is 0 Å². The van der Waals surface area contributed by atoms with Crippen LogP contribution in [0.15, 0.2) is 60.8 Å². The van der Waals surface area contributed by atoms with Crippen molar-refractivity contribution >= 4 is 29.8 Å². The lowest BCUT2D eigenvalue weighted by Gasteiger charge is -2.51. The van der Waals surface area contributed by atoms with E-state index in [4.69, 9.17) is 0 Å². The average molecular weight is 603 g/mol. The van der Waals surface area contributed by atoms with Gasteiger partial charge in [0.05, 0.1) is 6.61 Å². The molecule has 234 valence electrons. The first-order valence-electron chi connectivity index (χ1n) is 11.5. The maximum atomic E-state index is 12.7. The highest BCUT2D eigenvalue weighted by Crippen LogP contribution is 2.47. The molecule has 0 heterocycles. The molecule has 16 heteroatoms. The summed E-state index contributed by atoms with van der Waals surface area (Å²) in [6.07, 6.45) is -3.04. The molecule has 6 N–H and O–H groups in total. The SMILES string of the molecule is C=C(C)C(=O)OC(O)(OC(=O)C(=C)C)[C@](O)(OC(=O)C(=C)C)[C@](O)(OC(=O)C(=C)C)[C@](O)(OC(=O)C(=C)C)[C@@H](O)CO. The first kappa shape index (κ1) is 37.8. The van der Waals surface area contributed by atoms with Gasteiger partial charge in [0.1, 0.15) is 6.10 Å². The van der Waals surface area contributed by atoms with E-state index >= 15 is 0 Å². The van der Waals surface area contributed by atoms with E-state index in [-0.39, 0.29) is 0 Å². The van der Waals surface area contributed by atoms with Gasteiger partial charge in [0.15, 0.2) is 0 Å². The predicted molar refractivity (Wildman–Crippen MR) is 137 cm³/mol. The number of carbonyl (C=O) groups is 5. The molecule has 0 rings (SSSR count). The van der Waals surface area contributed by atoms with E-state index in [0.717, 1.165) is 34.6 Å². The Balaban J connectivity index is 8.38. The van der Waals surface area contributed by atoms with Crippen molar-refractivity contribution in [2.24, 2.45) is 0 Å². The molecule has 0 bridgehead atoms. The molecule has 0 saturated carbocycles. The average Bonchev–Trinajstić information content (AvgIpc) is 2.86. The molecule has 0 radical (unpaired) electrons. The Labute approximate surface area is 240 Å². The maximum absolute atomic E-state index is 12.7. The normalized spacial score (nSPS) is 16.1. The van der Waals surface area contributed by atoms with E-state index < -0.39 is 93.8 Å². The van der Waals surface area contributed by atoms with Crippen molar-refractivity contribution in [2.75, 3.05) is 6.61 Å². The van der Waals surface area contributed by atoms with Crippen molar-refractivity contribution < 1.29 is 78.3 Å². The third-order valence-electron chi connectivity index (χ3n) is 4.93. The number of hydrogen-bond acceptors (Lipinski definition) is 16. The van der Waals surface area contributed by atoms with Gasteiger partial charge < -0.3 is 54.3 Å². The molecule has 0 saturated heterocycles. The Hall–Kier alpha value is -4.19. The zero-order valence-electron chi connectivity index (χ0n) is 23.6. The van der Waals surface area contributed by atoms with Gasteiger partial charge in [-0.25, -0.2) is 24.0 Å². The van der Waals surface area contributed by atoms with Crippen LogP contribution < -0.4 is 0 Å². The van der Waals surface area contributed by atoms with Crippen molar-refractivity contribution in [2.45, 2.75) is 64.1 Å². The largest absolute Gasteiger partial charge is 0.451 e. The quantitative estimate of drug-likeness (QED) is 0.0548. The summed E-state index contributed by atoms with van der Waals surface area (Å²) in [5, 5.41) is 66.7. The first-order chi connectivity index (χ1) is 18.9. The third kappa shape index (κ3) is 7.55. The summed E-state index contributed by atoms with van der Waals surface area (Å²) in [6.45, 7) is 19.0. The van der Waals surface area contributed by atoms with Gasteiger partial charge in [0.25, 0.3) is 0 Å². The lowest BCUT2D eigenvalue weighted by Crippen LogP contribution is -2.83. The van der Waals surface area contributed by atoms with Crippen LogP contribution in [-0.2, 0) is 47.7 Å². The van der Waals surface area contributed by atoms with Crippen molar-refractivity contribution in [3.63, 3.8) is 0 Å². The summed E-state index contributed by atoms with van der Waals surface area (Å²) in [4.78, 5) is 62.9. The number of aliphatic hydroxyl groups excluding tert-OH is 2. The van der Waals surface area contributed by atoms with Crippen molar-refractivity contribution in [3.8, 4) is 0 Å². The molecule has 16 nitrogen and oxygen atoms in total. The number of hydrogen-bond donors (Lipinski definition) is 6. The summed E-state index contributed by atoms with van der Waals surface area (Å²) in [5.74, 6) is -27.7. The van der Waals surface area contributed by atoms with E-state index in [9.17, 15) is 54.6 Å². The van der Waals surface area contributed by atoms with Crippen LogP contribution in [0.4, 0.5) is 0 Å². The monoisotopic (exact) mass is 602 g/mol. The molecule has 0 aromatic heterocycles. The number of esters is 5. The van der Waals surface area contributed by atoms with Crippen LogP contribution in [0.3, 0.4) is 0 Å². The summed E-state index contributed by atoms with van der Waals surface area (Å²) in [7, 11) is 0. The minimum atomic E-state index is -4.88. The molecule has 0 fully saturated rings. The van der Waals surface area contributed by atoms with Gasteiger partial charge in [-0.1, -0.05) is 32.9 Å². The lowest BCUT2D eigenvalue weighted by molar-refractivity contribution is -0.540. The Morgan fingerprint density at radius 1 is 0.548 bits per heavy atom. The standard InChI is InChI=1S/C26H34O16/c1-12(2)18(29)38-23(34,17(28)11-27)24(35,39-19(30)13(3)4)25(36,40-20(31)14(5)6)26(37,41-21(32)15(7)8)42-22(33)16(9)10/h17,27-28,34-37H,1,3,5,7,9,11H2,2,4,6,8,10H3/t17-,23+,24+,25+/m0/s1. The Morgan fingerprint density at radius 2 is 0.810 bits per heavy atom. The highest BCUT2D eigenvalue weighted by atomic mass is 16.9. The first-order valence-corrected chi connectivity index (χ1v) is 11.5. The van der Waals surface area contributed by atoms with Crippen molar-refractivity contribution in [1.29, 1.82) is 0 Å². The molecule has 0 spiro atoms. The number of ether oxygens (including phenoxy) is 5. The fraction of sp³-hybridized carbons (Fsp3) is 0.423. The fourth-order valence-electron chi connectivity index (χ4n) is 2.48. The van der Waals surface area contributed by atoms with Gasteiger partial charge in [-0.15, -0.1) is 0 Å². The van der Waals surface area contributed by atoms with Crippen LogP contribution in [0.1, 0.15) is 34.6 Å². The van der Waals surface area contributed by atoms with E-state index in [1.54, 1.807) is 0 Å². The highest BCUT2D eigenvalue weighted by molar-refractivity contribution is 5.91. The second kappa shape index (κ2) is 13.6. The van der Waals surface area contributed by atoms with E-state index in [1.807, 2.05) is 0 Å². The second-order valence-electron chi connectivity index (χ2n) is 9.11. The molecule has 0 aromatic rings. The molecule has 42 heavy (non-hydrogen) atoms. The van der Waals surface area contributed by atoms with E-state index in [2.05, 4.69) is 56.6 Å². The molecule has 0 aliphatic heterocycles. The van der Waals surface area contributed by atoms with Crippen LogP contribution in [0.25, 0.3) is 0 Å². The molecule has 0 aromatic carbocycles. The molecule has 0 amide bonds. The van der Waals surface area contributed by atoms with Gasteiger partial charge in [0.2, 0.25) is 0 Å². The summed E-state index contributed by atoms with van der Waals surface area (Å²) < 4.78 is 23.2. The zero-order valence-corrected chi connectivity index (χ0v) is 23.6. The van der Waals surface area contributed by atoms with Crippen LogP contribution in [0.2, 0.25) is 0 Å². The zero-order chi connectivity index (χ0) is 33.6. The van der Waals surface area contributed by atoms with Crippen LogP contribution in [0, 0.1) is 0 Å². The minimum absolute atomic E-state index is 0.590. The van der Waals surface area contributed by atoms with Crippen LogP contribution in [0.5, 0.6) is 0 Å². The van der Waals surface area contributed by atoms with Gasteiger partial charge in [0, 0.05) is 27.9 Å². The molecular weight excluding hydrogens is 568 g/mol. The molecule has 0 aliphatic rings. The van der Waals surface area contributed by atoms with Gasteiger partial charge in [-0.3, -0.25) is 0 Å². The van der Waals surface area contributed by atoms with E-state index in [1.165, 1.54) is 0 Å². The minimum Gasteiger partial charge on any atom is -0.419 e. The Morgan fingerprint density at radius 3 is 1.10 bits per heavy atom. The third-order valence-corrected chi connectivity index (χ3v) is 4.93. The van der Waals surface area contributed by atoms with Gasteiger partial charge in [-0.05, 0) is 34.6 Å². The molecular formula is C26H34O16. The molecule has 0 unspecified atom stereocenters. The predicted octanol–water partition coefficient (Wildman–Crippen LogP) is -1.35. The topological polar surface area (TPSA) is 253 Å². The fourth-order valence-corrected chi connectivity index (χ4v) is 2.48. The van der Waals surface area contributed by atoms with Crippen LogP contribution in [-0.4, -0.2) is 96.5 Å².